The number of aromatic nitrogens is 2. The quantitative estimate of drug-likeness (QED) is 0.721. The smallest absolute Gasteiger partial charge is 0.243 e. The van der Waals surface area contributed by atoms with Gasteiger partial charge in [-0.2, -0.15) is 0 Å². The van der Waals surface area contributed by atoms with E-state index < -0.39 is 11.4 Å². The molecule has 0 saturated heterocycles. The molecule has 1 amide bonds. The van der Waals surface area contributed by atoms with Gasteiger partial charge in [0.2, 0.25) is 5.91 Å². The van der Waals surface area contributed by atoms with Crippen LogP contribution >= 0.6 is 0 Å². The minimum Gasteiger partial charge on any atom is -0.368 e. The van der Waals surface area contributed by atoms with E-state index in [0.29, 0.717) is 17.9 Å². The van der Waals surface area contributed by atoms with Gasteiger partial charge in [-0.1, -0.05) is 0 Å². The average molecular weight is 251 g/mol. The fraction of sp³-hybridized carbons (Fsp3) is 0.583. The highest BCUT2D eigenvalue weighted by molar-refractivity contribution is 5.85. The second-order valence-corrected chi connectivity index (χ2v) is 4.71. The van der Waals surface area contributed by atoms with E-state index in [1.54, 1.807) is 19.3 Å². The first-order valence-electron chi connectivity index (χ1n) is 5.85. The molecule has 0 radical (unpaired) electrons. The van der Waals surface area contributed by atoms with E-state index in [1.165, 1.54) is 0 Å². The van der Waals surface area contributed by atoms with Gasteiger partial charge in [0, 0.05) is 25.5 Å². The van der Waals surface area contributed by atoms with Crippen molar-refractivity contribution in [3.63, 3.8) is 0 Å². The van der Waals surface area contributed by atoms with Crippen molar-refractivity contribution in [2.24, 2.45) is 5.73 Å². The Balaban J connectivity index is 2.94. The first-order chi connectivity index (χ1) is 8.38. The maximum Gasteiger partial charge on any atom is 0.243 e. The van der Waals surface area contributed by atoms with Gasteiger partial charge in [-0.15, -0.1) is 0 Å². The number of carbonyl (C=O) groups is 1. The number of hydrogen-bond acceptors (Lipinski definition) is 5. The summed E-state index contributed by atoms with van der Waals surface area (Å²) in [6, 6.07) is 0. The Hall–Kier alpha value is -1.53. The van der Waals surface area contributed by atoms with Crippen LogP contribution in [0.25, 0.3) is 0 Å². The van der Waals surface area contributed by atoms with Gasteiger partial charge in [0.15, 0.2) is 0 Å². The van der Waals surface area contributed by atoms with Gasteiger partial charge >= 0.3 is 0 Å². The molecule has 1 aromatic rings. The molecular formula is C12H21N5O. The molecular weight excluding hydrogens is 230 g/mol. The van der Waals surface area contributed by atoms with Crippen LogP contribution in [0, 0.1) is 6.92 Å². The predicted molar refractivity (Wildman–Crippen MR) is 69.9 cm³/mol. The summed E-state index contributed by atoms with van der Waals surface area (Å²) in [5.74, 6) is -0.454. The number of primary amides is 1. The van der Waals surface area contributed by atoms with Crippen molar-refractivity contribution in [3.8, 4) is 0 Å². The van der Waals surface area contributed by atoms with E-state index in [-0.39, 0.29) is 0 Å². The van der Waals surface area contributed by atoms with Crippen LogP contribution in [0.1, 0.15) is 18.3 Å². The van der Waals surface area contributed by atoms with E-state index in [1.807, 2.05) is 25.9 Å². The van der Waals surface area contributed by atoms with Gasteiger partial charge in [-0.25, -0.2) is 0 Å². The fourth-order valence-electron chi connectivity index (χ4n) is 1.72. The summed E-state index contributed by atoms with van der Waals surface area (Å²) in [5, 5.41) is 3.17. The largest absolute Gasteiger partial charge is 0.368 e. The van der Waals surface area contributed by atoms with Crippen molar-refractivity contribution in [2.75, 3.05) is 27.2 Å². The standard InChI is InChI=1S/C12H21N5O/c1-9-10(15-6-5-14-9)12(2,11(13)18)16-7-8-17(3)4/h5-6,16H,7-8H2,1-4H3,(H2,13,18). The molecule has 100 valence electrons. The lowest BCUT2D eigenvalue weighted by molar-refractivity contribution is -0.124. The molecule has 6 nitrogen and oxygen atoms in total. The molecule has 0 aromatic carbocycles. The predicted octanol–water partition coefficient (Wildman–Crippen LogP) is -0.363. The van der Waals surface area contributed by atoms with Crippen LogP contribution in [-0.2, 0) is 10.3 Å². The SMILES string of the molecule is Cc1nccnc1C(C)(NCCN(C)C)C(N)=O. The number of nitrogens with one attached hydrogen (secondary N) is 1. The van der Waals surface area contributed by atoms with E-state index >= 15 is 0 Å². The second kappa shape index (κ2) is 5.88. The summed E-state index contributed by atoms with van der Waals surface area (Å²) in [5.41, 5.74) is 5.80. The third-order valence-corrected chi connectivity index (χ3v) is 2.89. The Morgan fingerprint density at radius 2 is 2.06 bits per heavy atom. The zero-order chi connectivity index (χ0) is 13.8. The maximum absolute atomic E-state index is 11.7. The van der Waals surface area contributed by atoms with Crippen LogP contribution in [0.5, 0.6) is 0 Å². The van der Waals surface area contributed by atoms with Crippen molar-refractivity contribution in [3.05, 3.63) is 23.8 Å². The first kappa shape index (κ1) is 14.5. The third kappa shape index (κ3) is 3.24. The normalized spacial score (nSPS) is 14.5. The molecule has 0 saturated carbocycles. The lowest BCUT2D eigenvalue weighted by Crippen LogP contribution is -2.52. The molecule has 1 aromatic heterocycles. The molecule has 1 rings (SSSR count). The van der Waals surface area contributed by atoms with Gasteiger partial charge in [0.05, 0.1) is 11.4 Å². The number of aryl methyl sites for hydroxylation is 1. The van der Waals surface area contributed by atoms with Crippen LogP contribution in [-0.4, -0.2) is 48.0 Å². The molecule has 0 spiro atoms. The zero-order valence-electron chi connectivity index (χ0n) is 11.4. The number of rotatable bonds is 6. The molecule has 1 unspecified atom stereocenters. The molecule has 0 aliphatic rings. The molecule has 0 aliphatic heterocycles. The highest BCUT2D eigenvalue weighted by Gasteiger charge is 2.35. The summed E-state index contributed by atoms with van der Waals surface area (Å²) >= 11 is 0. The minimum atomic E-state index is -0.992. The van der Waals surface area contributed by atoms with Crippen molar-refractivity contribution in [1.82, 2.24) is 20.2 Å². The van der Waals surface area contributed by atoms with Gasteiger partial charge in [-0.05, 0) is 27.9 Å². The third-order valence-electron chi connectivity index (χ3n) is 2.89. The van der Waals surface area contributed by atoms with E-state index in [9.17, 15) is 4.79 Å². The molecule has 3 N–H and O–H groups in total. The van der Waals surface area contributed by atoms with Gasteiger partial charge in [0.25, 0.3) is 0 Å². The summed E-state index contributed by atoms with van der Waals surface area (Å²) in [7, 11) is 3.94. The zero-order valence-corrected chi connectivity index (χ0v) is 11.4. The minimum absolute atomic E-state index is 0.454. The van der Waals surface area contributed by atoms with Crippen molar-refractivity contribution in [1.29, 1.82) is 0 Å². The highest BCUT2D eigenvalue weighted by Crippen LogP contribution is 2.19. The average Bonchev–Trinajstić information content (AvgIpc) is 2.28. The van der Waals surface area contributed by atoms with Crippen LogP contribution in [0.15, 0.2) is 12.4 Å². The fourth-order valence-corrected chi connectivity index (χ4v) is 1.72. The summed E-state index contributed by atoms with van der Waals surface area (Å²) in [6.45, 7) is 5.00. The maximum atomic E-state index is 11.7. The monoisotopic (exact) mass is 251 g/mol. The number of amides is 1. The summed E-state index contributed by atoms with van der Waals surface area (Å²) < 4.78 is 0. The van der Waals surface area contributed by atoms with Crippen LogP contribution in [0.3, 0.4) is 0 Å². The number of carbonyl (C=O) groups excluding carboxylic acids is 1. The van der Waals surface area contributed by atoms with Gasteiger partial charge in [0.1, 0.15) is 5.54 Å². The Labute approximate surface area is 108 Å². The number of hydrogen-bond donors (Lipinski definition) is 2. The van der Waals surface area contributed by atoms with Crippen molar-refractivity contribution in [2.45, 2.75) is 19.4 Å². The van der Waals surface area contributed by atoms with E-state index in [4.69, 9.17) is 5.73 Å². The Morgan fingerprint density at radius 3 is 2.56 bits per heavy atom. The molecule has 1 heterocycles. The molecule has 0 bridgehead atoms. The Morgan fingerprint density at radius 1 is 1.44 bits per heavy atom. The molecule has 1 atom stereocenters. The van der Waals surface area contributed by atoms with Gasteiger partial charge < -0.3 is 10.6 Å². The number of likely N-dealkylation sites (N-methyl/N-ethyl adjacent to an activating group) is 1. The van der Waals surface area contributed by atoms with Crippen LogP contribution in [0.4, 0.5) is 0 Å². The Kier molecular flexibility index (Phi) is 4.75. The molecule has 18 heavy (non-hydrogen) atoms. The lowest BCUT2D eigenvalue weighted by atomic mass is 9.95. The van der Waals surface area contributed by atoms with Crippen LogP contribution < -0.4 is 11.1 Å². The summed E-state index contributed by atoms with van der Waals surface area (Å²) in [6.07, 6.45) is 3.16. The van der Waals surface area contributed by atoms with Gasteiger partial charge in [-0.3, -0.25) is 20.1 Å². The molecule has 0 fully saturated rings. The first-order valence-corrected chi connectivity index (χ1v) is 5.85. The van der Waals surface area contributed by atoms with Crippen LogP contribution in [0.2, 0.25) is 0 Å². The summed E-state index contributed by atoms with van der Waals surface area (Å²) in [4.78, 5) is 22.1. The molecule has 0 aliphatic carbocycles. The lowest BCUT2D eigenvalue weighted by Gasteiger charge is -2.28. The van der Waals surface area contributed by atoms with E-state index in [2.05, 4.69) is 15.3 Å². The number of nitrogens with two attached hydrogens (primary N) is 1. The highest BCUT2D eigenvalue weighted by atomic mass is 16.1. The molecule has 6 heteroatoms. The number of nitrogens with zero attached hydrogens (tertiary/aromatic N) is 3. The second-order valence-electron chi connectivity index (χ2n) is 4.71. The van der Waals surface area contributed by atoms with E-state index in [0.717, 1.165) is 6.54 Å². The van der Waals surface area contributed by atoms with Crippen molar-refractivity contribution < 1.29 is 4.79 Å². The van der Waals surface area contributed by atoms with Crippen molar-refractivity contribution >= 4 is 5.91 Å². The topological polar surface area (TPSA) is 84.1 Å². The Bertz CT molecular complexity index is 421.